The van der Waals surface area contributed by atoms with Gasteiger partial charge in [0.05, 0.1) is 24.3 Å². The van der Waals surface area contributed by atoms with Gasteiger partial charge < -0.3 is 5.11 Å². The number of hydrogen-bond donors (Lipinski definition) is 2. The van der Waals surface area contributed by atoms with Gasteiger partial charge in [-0.05, 0) is 12.8 Å². The van der Waals surface area contributed by atoms with Crippen LogP contribution in [0.25, 0.3) is 0 Å². The SMILES string of the molecule is O=C1CN(S(=O)(=O)C2CCCC2C(=O)O)CC(=O)N1. The summed E-state index contributed by atoms with van der Waals surface area (Å²) in [5, 5.41) is 9.97. The number of piperazine rings is 1. The lowest BCUT2D eigenvalue weighted by molar-refractivity contribution is -0.141. The predicted octanol–water partition coefficient (Wildman–Crippen LogP) is -1.47. The van der Waals surface area contributed by atoms with Gasteiger partial charge in [0, 0.05) is 0 Å². The van der Waals surface area contributed by atoms with Crippen molar-refractivity contribution in [3.63, 3.8) is 0 Å². The molecule has 2 rings (SSSR count). The summed E-state index contributed by atoms with van der Waals surface area (Å²) < 4.78 is 25.4. The number of carbonyl (C=O) groups excluding carboxylic acids is 2. The van der Waals surface area contributed by atoms with E-state index in [9.17, 15) is 22.8 Å². The second kappa shape index (κ2) is 4.89. The fourth-order valence-corrected chi connectivity index (χ4v) is 4.66. The summed E-state index contributed by atoms with van der Waals surface area (Å²) in [7, 11) is -3.95. The van der Waals surface area contributed by atoms with Gasteiger partial charge in [-0.2, -0.15) is 4.31 Å². The van der Waals surface area contributed by atoms with E-state index in [4.69, 9.17) is 5.11 Å². The molecule has 2 unspecified atom stereocenters. The first kappa shape index (κ1) is 13.9. The van der Waals surface area contributed by atoms with E-state index in [1.807, 2.05) is 5.32 Å². The quantitative estimate of drug-likeness (QED) is 0.612. The Labute approximate surface area is 109 Å². The van der Waals surface area contributed by atoms with Gasteiger partial charge in [-0.1, -0.05) is 6.42 Å². The van der Waals surface area contributed by atoms with Crippen LogP contribution in [-0.2, 0) is 24.4 Å². The number of carbonyl (C=O) groups is 3. The van der Waals surface area contributed by atoms with Gasteiger partial charge in [-0.25, -0.2) is 8.42 Å². The summed E-state index contributed by atoms with van der Waals surface area (Å²) in [5.41, 5.74) is 0. The Balaban J connectivity index is 2.24. The summed E-state index contributed by atoms with van der Waals surface area (Å²) in [5.74, 6) is -3.50. The molecule has 1 heterocycles. The first-order valence-corrected chi connectivity index (χ1v) is 7.37. The second-order valence-corrected chi connectivity index (χ2v) is 6.85. The third kappa shape index (κ3) is 2.61. The van der Waals surface area contributed by atoms with Crippen LogP contribution >= 0.6 is 0 Å². The monoisotopic (exact) mass is 290 g/mol. The number of imide groups is 1. The Morgan fingerprint density at radius 3 is 2.32 bits per heavy atom. The Morgan fingerprint density at radius 1 is 1.21 bits per heavy atom. The molecule has 19 heavy (non-hydrogen) atoms. The van der Waals surface area contributed by atoms with Gasteiger partial charge in [0.2, 0.25) is 21.8 Å². The second-order valence-electron chi connectivity index (χ2n) is 4.70. The van der Waals surface area contributed by atoms with E-state index in [0.717, 1.165) is 4.31 Å². The first-order valence-electron chi connectivity index (χ1n) is 5.87. The molecule has 2 fully saturated rings. The maximum Gasteiger partial charge on any atom is 0.307 e. The van der Waals surface area contributed by atoms with Crippen molar-refractivity contribution in [3.8, 4) is 0 Å². The molecule has 0 aromatic carbocycles. The molecule has 8 nitrogen and oxygen atoms in total. The maximum atomic E-state index is 12.3. The zero-order chi connectivity index (χ0) is 14.2. The molecule has 9 heteroatoms. The van der Waals surface area contributed by atoms with Crippen molar-refractivity contribution >= 4 is 27.8 Å². The third-order valence-corrected chi connectivity index (χ3v) is 5.74. The molecule has 2 aliphatic rings. The topological polar surface area (TPSA) is 121 Å². The van der Waals surface area contributed by atoms with Gasteiger partial charge in [0.1, 0.15) is 0 Å². The minimum atomic E-state index is -3.95. The van der Waals surface area contributed by atoms with Gasteiger partial charge in [-0.3, -0.25) is 19.7 Å². The molecule has 0 radical (unpaired) electrons. The van der Waals surface area contributed by atoms with Crippen molar-refractivity contribution in [2.75, 3.05) is 13.1 Å². The Morgan fingerprint density at radius 2 is 1.79 bits per heavy atom. The summed E-state index contributed by atoms with van der Waals surface area (Å²) >= 11 is 0. The van der Waals surface area contributed by atoms with Crippen LogP contribution in [0.2, 0.25) is 0 Å². The number of amides is 2. The fourth-order valence-electron chi connectivity index (χ4n) is 2.55. The number of nitrogens with one attached hydrogen (secondary N) is 1. The van der Waals surface area contributed by atoms with E-state index < -0.39 is 52.1 Å². The summed E-state index contributed by atoms with van der Waals surface area (Å²) in [6, 6.07) is 0. The number of carboxylic acids is 1. The highest BCUT2D eigenvalue weighted by atomic mass is 32.2. The average Bonchev–Trinajstić information content (AvgIpc) is 2.76. The van der Waals surface area contributed by atoms with E-state index in [1.54, 1.807) is 0 Å². The van der Waals surface area contributed by atoms with Crippen molar-refractivity contribution < 1.29 is 27.9 Å². The third-order valence-electron chi connectivity index (χ3n) is 3.43. The van der Waals surface area contributed by atoms with E-state index in [1.165, 1.54) is 0 Å². The van der Waals surface area contributed by atoms with Gasteiger partial charge in [-0.15, -0.1) is 0 Å². The number of aliphatic carboxylic acids is 1. The number of rotatable bonds is 3. The van der Waals surface area contributed by atoms with Crippen LogP contribution in [0.4, 0.5) is 0 Å². The zero-order valence-electron chi connectivity index (χ0n) is 10.0. The summed E-state index contributed by atoms with van der Waals surface area (Å²) in [6.45, 7) is -0.867. The molecule has 2 amide bonds. The molecule has 2 atom stereocenters. The van der Waals surface area contributed by atoms with Crippen LogP contribution in [0.1, 0.15) is 19.3 Å². The van der Waals surface area contributed by atoms with Crippen molar-refractivity contribution in [2.45, 2.75) is 24.5 Å². The number of carboxylic acid groups (broad SMARTS) is 1. The van der Waals surface area contributed by atoms with Crippen molar-refractivity contribution in [1.82, 2.24) is 9.62 Å². The molecule has 0 aromatic heterocycles. The smallest absolute Gasteiger partial charge is 0.307 e. The Hall–Kier alpha value is -1.48. The van der Waals surface area contributed by atoms with E-state index >= 15 is 0 Å². The first-order chi connectivity index (χ1) is 8.82. The van der Waals surface area contributed by atoms with E-state index in [-0.39, 0.29) is 6.42 Å². The number of nitrogens with zero attached hydrogens (tertiary/aromatic N) is 1. The predicted molar refractivity (Wildman–Crippen MR) is 62.4 cm³/mol. The van der Waals surface area contributed by atoms with Crippen molar-refractivity contribution in [3.05, 3.63) is 0 Å². The molecular weight excluding hydrogens is 276 g/mol. The minimum absolute atomic E-state index is 0.242. The molecule has 1 saturated carbocycles. The highest BCUT2D eigenvalue weighted by Crippen LogP contribution is 2.33. The van der Waals surface area contributed by atoms with Crippen LogP contribution in [-0.4, -0.2) is 54.0 Å². The highest BCUT2D eigenvalue weighted by molar-refractivity contribution is 7.89. The van der Waals surface area contributed by atoms with Crippen LogP contribution in [0.3, 0.4) is 0 Å². The van der Waals surface area contributed by atoms with Crippen LogP contribution in [0.15, 0.2) is 0 Å². The molecule has 2 N–H and O–H groups in total. The molecule has 0 bridgehead atoms. The summed E-state index contributed by atoms with van der Waals surface area (Å²) in [6.07, 6.45) is 1.05. The number of sulfonamides is 1. The summed E-state index contributed by atoms with van der Waals surface area (Å²) in [4.78, 5) is 33.5. The van der Waals surface area contributed by atoms with Crippen molar-refractivity contribution in [1.29, 1.82) is 0 Å². The molecule has 0 spiro atoms. The van der Waals surface area contributed by atoms with E-state index in [2.05, 4.69) is 0 Å². The standard InChI is InChI=1S/C10H14N2O6S/c13-8-4-12(5-9(14)11-8)19(17,18)7-3-1-2-6(7)10(15)16/h6-7H,1-5H2,(H,15,16)(H,11,13,14). The fraction of sp³-hybridized carbons (Fsp3) is 0.700. The van der Waals surface area contributed by atoms with Gasteiger partial charge >= 0.3 is 5.97 Å². The molecular formula is C10H14N2O6S. The van der Waals surface area contributed by atoms with Crippen LogP contribution in [0.5, 0.6) is 0 Å². The lowest BCUT2D eigenvalue weighted by Gasteiger charge is -2.28. The van der Waals surface area contributed by atoms with Gasteiger partial charge in [0.25, 0.3) is 0 Å². The lowest BCUT2D eigenvalue weighted by atomic mass is 10.1. The number of hydrogen-bond acceptors (Lipinski definition) is 5. The zero-order valence-corrected chi connectivity index (χ0v) is 10.9. The molecule has 1 saturated heterocycles. The molecule has 0 aromatic rings. The maximum absolute atomic E-state index is 12.3. The lowest BCUT2D eigenvalue weighted by Crippen LogP contribution is -2.55. The average molecular weight is 290 g/mol. The molecule has 1 aliphatic carbocycles. The van der Waals surface area contributed by atoms with Crippen LogP contribution in [0, 0.1) is 5.92 Å². The van der Waals surface area contributed by atoms with E-state index in [0.29, 0.717) is 12.8 Å². The normalized spacial score (nSPS) is 29.3. The molecule has 106 valence electrons. The largest absolute Gasteiger partial charge is 0.481 e. The van der Waals surface area contributed by atoms with Crippen molar-refractivity contribution in [2.24, 2.45) is 5.92 Å². The van der Waals surface area contributed by atoms with Crippen LogP contribution < -0.4 is 5.32 Å². The Bertz CT molecular complexity index is 512. The molecule has 1 aliphatic heterocycles. The van der Waals surface area contributed by atoms with Gasteiger partial charge in [0.15, 0.2) is 0 Å². The Kier molecular flexibility index (Phi) is 3.59. The highest BCUT2D eigenvalue weighted by Gasteiger charge is 2.46. The minimum Gasteiger partial charge on any atom is -0.481 e.